The summed E-state index contributed by atoms with van der Waals surface area (Å²) in [5.41, 5.74) is 0.855. The SMILES string of the molecule is COc1cc(C)nc(N2CCN(C(=O)[C@H]3CCC(=O)NC3)CC2)n1. The standard InChI is InChI=1S/C16H23N5O3/c1-11-9-14(24-2)19-16(18-11)21-7-5-20(6-8-21)15(23)12-3-4-13(22)17-10-12/h9,12H,3-8,10H2,1-2H3,(H,17,22)/t12-/m0/s1. The Bertz CT molecular complexity index is 618. The van der Waals surface area contributed by atoms with Crippen molar-refractivity contribution in [3.05, 3.63) is 11.8 Å². The Labute approximate surface area is 141 Å². The second-order valence-corrected chi connectivity index (χ2v) is 6.20. The van der Waals surface area contributed by atoms with Gasteiger partial charge in [-0.3, -0.25) is 9.59 Å². The number of piperidine rings is 1. The first-order chi connectivity index (χ1) is 11.6. The van der Waals surface area contributed by atoms with E-state index in [0.29, 0.717) is 57.4 Å². The normalized spacial score (nSPS) is 21.4. The maximum Gasteiger partial charge on any atom is 0.228 e. The summed E-state index contributed by atoms with van der Waals surface area (Å²) in [6.07, 6.45) is 1.08. The van der Waals surface area contributed by atoms with E-state index in [1.807, 2.05) is 11.8 Å². The summed E-state index contributed by atoms with van der Waals surface area (Å²) in [7, 11) is 1.59. The number of piperazine rings is 1. The summed E-state index contributed by atoms with van der Waals surface area (Å²) in [6, 6.07) is 1.79. The second kappa shape index (κ2) is 7.02. The molecular weight excluding hydrogens is 310 g/mol. The van der Waals surface area contributed by atoms with Gasteiger partial charge < -0.3 is 19.9 Å². The Kier molecular flexibility index (Phi) is 4.82. The Hall–Kier alpha value is -2.38. The van der Waals surface area contributed by atoms with Crippen LogP contribution in [-0.4, -0.2) is 66.5 Å². The largest absolute Gasteiger partial charge is 0.481 e. The first kappa shape index (κ1) is 16.5. The van der Waals surface area contributed by atoms with Gasteiger partial charge in [-0.1, -0.05) is 0 Å². The first-order valence-electron chi connectivity index (χ1n) is 8.27. The van der Waals surface area contributed by atoms with Gasteiger partial charge in [0.05, 0.1) is 13.0 Å². The van der Waals surface area contributed by atoms with Gasteiger partial charge in [0.2, 0.25) is 23.6 Å². The average Bonchev–Trinajstić information content (AvgIpc) is 2.61. The van der Waals surface area contributed by atoms with Crippen LogP contribution in [-0.2, 0) is 9.59 Å². The summed E-state index contributed by atoms with van der Waals surface area (Å²) in [5.74, 6) is 1.27. The highest BCUT2D eigenvalue weighted by Crippen LogP contribution is 2.19. The Morgan fingerprint density at radius 1 is 1.29 bits per heavy atom. The highest BCUT2D eigenvalue weighted by molar-refractivity contribution is 5.83. The van der Waals surface area contributed by atoms with E-state index in [-0.39, 0.29) is 17.7 Å². The third-order valence-corrected chi connectivity index (χ3v) is 4.52. The van der Waals surface area contributed by atoms with E-state index in [1.54, 1.807) is 13.2 Å². The van der Waals surface area contributed by atoms with Crippen LogP contribution in [0.5, 0.6) is 5.88 Å². The number of aryl methyl sites for hydroxylation is 1. The quantitative estimate of drug-likeness (QED) is 0.836. The molecular formula is C16H23N5O3. The summed E-state index contributed by atoms with van der Waals surface area (Å²) in [4.78, 5) is 36.6. The number of nitrogens with zero attached hydrogens (tertiary/aromatic N) is 4. The molecule has 1 aromatic rings. The average molecular weight is 333 g/mol. The minimum Gasteiger partial charge on any atom is -0.481 e. The van der Waals surface area contributed by atoms with Gasteiger partial charge in [-0.05, 0) is 13.3 Å². The van der Waals surface area contributed by atoms with E-state index >= 15 is 0 Å². The molecule has 2 aliphatic rings. The molecule has 0 bridgehead atoms. The molecule has 2 saturated heterocycles. The van der Waals surface area contributed by atoms with Gasteiger partial charge >= 0.3 is 0 Å². The van der Waals surface area contributed by atoms with Crippen molar-refractivity contribution in [2.75, 3.05) is 44.7 Å². The third-order valence-electron chi connectivity index (χ3n) is 4.52. The van der Waals surface area contributed by atoms with E-state index in [4.69, 9.17) is 4.74 Å². The first-order valence-corrected chi connectivity index (χ1v) is 8.27. The molecule has 1 atom stereocenters. The third kappa shape index (κ3) is 3.58. The van der Waals surface area contributed by atoms with Crippen LogP contribution in [0.15, 0.2) is 6.07 Å². The molecule has 2 amide bonds. The molecule has 24 heavy (non-hydrogen) atoms. The molecule has 0 saturated carbocycles. The zero-order chi connectivity index (χ0) is 17.1. The smallest absolute Gasteiger partial charge is 0.228 e. The van der Waals surface area contributed by atoms with Gasteiger partial charge in [0.25, 0.3) is 0 Å². The van der Waals surface area contributed by atoms with Gasteiger partial charge in [-0.2, -0.15) is 4.98 Å². The molecule has 0 aromatic carbocycles. The number of ether oxygens (including phenoxy) is 1. The van der Waals surface area contributed by atoms with Crippen LogP contribution in [0.2, 0.25) is 0 Å². The number of hydrogen-bond acceptors (Lipinski definition) is 6. The number of carbonyl (C=O) groups is 2. The second-order valence-electron chi connectivity index (χ2n) is 6.20. The highest BCUT2D eigenvalue weighted by atomic mass is 16.5. The van der Waals surface area contributed by atoms with Crippen molar-refractivity contribution in [3.8, 4) is 5.88 Å². The molecule has 0 unspecified atom stereocenters. The van der Waals surface area contributed by atoms with Crippen LogP contribution in [0.3, 0.4) is 0 Å². The number of anilines is 1. The Morgan fingerprint density at radius 2 is 2.04 bits per heavy atom. The summed E-state index contributed by atoms with van der Waals surface area (Å²) in [6.45, 7) is 5.03. The lowest BCUT2D eigenvalue weighted by atomic mass is 9.97. The van der Waals surface area contributed by atoms with Crippen LogP contribution in [0, 0.1) is 12.8 Å². The monoisotopic (exact) mass is 333 g/mol. The van der Waals surface area contributed by atoms with Gasteiger partial charge in [0, 0.05) is 50.9 Å². The van der Waals surface area contributed by atoms with E-state index in [2.05, 4.69) is 20.2 Å². The number of carbonyl (C=O) groups excluding carboxylic acids is 2. The van der Waals surface area contributed by atoms with Gasteiger partial charge in [0.15, 0.2) is 0 Å². The van der Waals surface area contributed by atoms with Gasteiger partial charge in [-0.15, -0.1) is 0 Å². The predicted octanol–water partition coefficient (Wildman–Crippen LogP) is -0.0316. The molecule has 3 heterocycles. The van der Waals surface area contributed by atoms with Crippen LogP contribution < -0.4 is 15.0 Å². The topological polar surface area (TPSA) is 87.7 Å². The maximum absolute atomic E-state index is 12.6. The lowest BCUT2D eigenvalue weighted by Crippen LogP contribution is -2.53. The summed E-state index contributed by atoms with van der Waals surface area (Å²) in [5, 5.41) is 2.77. The van der Waals surface area contributed by atoms with Crippen molar-refractivity contribution < 1.29 is 14.3 Å². The fraction of sp³-hybridized carbons (Fsp3) is 0.625. The van der Waals surface area contributed by atoms with Crippen molar-refractivity contribution in [2.24, 2.45) is 5.92 Å². The minimum atomic E-state index is -0.0930. The number of methoxy groups -OCH3 is 1. The van der Waals surface area contributed by atoms with Gasteiger partial charge in [0.1, 0.15) is 0 Å². The van der Waals surface area contributed by atoms with Crippen molar-refractivity contribution in [1.29, 1.82) is 0 Å². The molecule has 130 valence electrons. The summed E-state index contributed by atoms with van der Waals surface area (Å²) < 4.78 is 5.20. The molecule has 0 spiro atoms. The van der Waals surface area contributed by atoms with Crippen molar-refractivity contribution in [1.82, 2.24) is 20.2 Å². The molecule has 3 rings (SSSR count). The van der Waals surface area contributed by atoms with Crippen molar-refractivity contribution >= 4 is 17.8 Å². The van der Waals surface area contributed by atoms with Crippen molar-refractivity contribution in [3.63, 3.8) is 0 Å². The Balaban J connectivity index is 1.58. The van der Waals surface area contributed by atoms with Crippen molar-refractivity contribution in [2.45, 2.75) is 19.8 Å². The molecule has 0 aliphatic carbocycles. The zero-order valence-electron chi connectivity index (χ0n) is 14.1. The zero-order valence-corrected chi connectivity index (χ0v) is 14.1. The van der Waals surface area contributed by atoms with E-state index in [0.717, 1.165) is 5.69 Å². The minimum absolute atomic E-state index is 0.0365. The van der Waals surface area contributed by atoms with E-state index in [9.17, 15) is 9.59 Å². The van der Waals surface area contributed by atoms with Crippen LogP contribution in [0.25, 0.3) is 0 Å². The molecule has 1 aromatic heterocycles. The number of amides is 2. The molecule has 8 heteroatoms. The lowest BCUT2D eigenvalue weighted by Gasteiger charge is -2.37. The Morgan fingerprint density at radius 3 is 2.67 bits per heavy atom. The molecule has 1 N–H and O–H groups in total. The fourth-order valence-corrected chi connectivity index (χ4v) is 3.10. The lowest BCUT2D eigenvalue weighted by molar-refractivity contribution is -0.137. The molecule has 2 aliphatic heterocycles. The van der Waals surface area contributed by atoms with Crippen LogP contribution >= 0.6 is 0 Å². The van der Waals surface area contributed by atoms with Crippen LogP contribution in [0.1, 0.15) is 18.5 Å². The van der Waals surface area contributed by atoms with E-state index < -0.39 is 0 Å². The van der Waals surface area contributed by atoms with E-state index in [1.165, 1.54) is 0 Å². The number of aromatic nitrogens is 2. The van der Waals surface area contributed by atoms with Crippen LogP contribution in [0.4, 0.5) is 5.95 Å². The molecule has 2 fully saturated rings. The number of nitrogens with one attached hydrogen (secondary N) is 1. The number of hydrogen-bond donors (Lipinski definition) is 1. The molecule has 0 radical (unpaired) electrons. The number of rotatable bonds is 3. The fourth-order valence-electron chi connectivity index (χ4n) is 3.10. The van der Waals surface area contributed by atoms with Gasteiger partial charge in [-0.25, -0.2) is 4.98 Å². The molecule has 8 nitrogen and oxygen atoms in total. The maximum atomic E-state index is 12.6. The predicted molar refractivity (Wildman–Crippen MR) is 87.8 cm³/mol. The summed E-state index contributed by atoms with van der Waals surface area (Å²) >= 11 is 0. The highest BCUT2D eigenvalue weighted by Gasteiger charge is 2.30.